The molecule has 1 aromatic carbocycles. The number of nitrogens with zero attached hydrogens (tertiary/aromatic N) is 3. The molecule has 0 amide bonds. The van der Waals surface area contributed by atoms with Gasteiger partial charge in [0.05, 0.1) is 11.2 Å². The molecule has 10 heteroatoms. The Morgan fingerprint density at radius 3 is 2.46 bits per heavy atom. The van der Waals surface area contributed by atoms with Crippen LogP contribution >= 0.6 is 11.8 Å². The topological polar surface area (TPSA) is 78.0 Å². The van der Waals surface area contributed by atoms with Crippen LogP contribution < -0.4 is 0 Å². The number of alkyl halides is 2. The first kappa shape index (κ1) is 16.7. The highest BCUT2D eigenvalue weighted by molar-refractivity contribution is 7.99. The molecule has 3 aromatic rings. The summed E-state index contributed by atoms with van der Waals surface area (Å²) in [6.07, 6.45) is 1.53. The van der Waals surface area contributed by atoms with Crippen LogP contribution in [0.2, 0.25) is 0 Å². The smallest absolute Gasteiger partial charge is 0.341 e. The van der Waals surface area contributed by atoms with E-state index in [1.165, 1.54) is 30.2 Å². The van der Waals surface area contributed by atoms with Crippen LogP contribution in [0.1, 0.15) is 0 Å². The molecule has 0 radical (unpaired) electrons. The first-order valence-electron chi connectivity index (χ1n) is 6.63. The van der Waals surface area contributed by atoms with Crippen molar-refractivity contribution in [1.29, 1.82) is 0 Å². The number of furan rings is 1. The Morgan fingerprint density at radius 1 is 1.17 bits per heavy atom. The summed E-state index contributed by atoms with van der Waals surface area (Å²) in [5.74, 6) is -2.33. The summed E-state index contributed by atoms with van der Waals surface area (Å²) >= 11 is 1.23. The van der Waals surface area contributed by atoms with Gasteiger partial charge in [-0.05, 0) is 48.2 Å². The zero-order valence-electron chi connectivity index (χ0n) is 12.3. The molecule has 0 spiro atoms. The zero-order chi connectivity index (χ0) is 17.3. The number of benzene rings is 1. The highest BCUT2D eigenvalue weighted by Gasteiger charge is 2.26. The Labute approximate surface area is 140 Å². The lowest BCUT2D eigenvalue weighted by Gasteiger charge is -2.05. The number of aromatic nitrogens is 3. The van der Waals surface area contributed by atoms with Gasteiger partial charge in [-0.2, -0.15) is 8.78 Å². The van der Waals surface area contributed by atoms with Gasteiger partial charge < -0.3 is 8.98 Å². The highest BCUT2D eigenvalue weighted by Crippen LogP contribution is 2.30. The number of sulfone groups is 1. The molecular weight excluding hydrogens is 360 g/mol. The Hall–Kier alpha value is -2.20. The van der Waals surface area contributed by atoms with Crippen LogP contribution in [-0.4, -0.2) is 28.9 Å². The highest BCUT2D eigenvalue weighted by atomic mass is 32.2. The van der Waals surface area contributed by atoms with Gasteiger partial charge in [0.15, 0.2) is 16.7 Å². The lowest BCUT2D eigenvalue weighted by molar-refractivity contribution is 0.234. The standard InChI is InChI=1S/C14H11F2N3O3S2/c1-19-12(11-3-2-8-22-11)17-18-14(19)23-9-4-6-10(7-5-9)24(20,21)13(15)16/h2-8,13H,1H3. The van der Waals surface area contributed by atoms with Gasteiger partial charge in [-0.1, -0.05) is 0 Å². The monoisotopic (exact) mass is 371 g/mol. The van der Waals surface area contributed by atoms with Gasteiger partial charge in [-0.25, -0.2) is 8.42 Å². The SMILES string of the molecule is Cn1c(Sc2ccc(S(=O)(=O)C(F)F)cc2)nnc1-c1ccco1. The minimum absolute atomic E-state index is 0.420. The molecule has 2 heterocycles. The second-order valence-electron chi connectivity index (χ2n) is 4.72. The second-order valence-corrected chi connectivity index (χ2v) is 7.68. The van der Waals surface area contributed by atoms with E-state index in [4.69, 9.17) is 4.42 Å². The van der Waals surface area contributed by atoms with Crippen molar-refractivity contribution in [2.75, 3.05) is 0 Å². The Bertz CT molecular complexity index is 936. The fourth-order valence-electron chi connectivity index (χ4n) is 1.93. The third kappa shape index (κ3) is 3.06. The normalized spacial score (nSPS) is 12.0. The predicted molar refractivity (Wildman–Crippen MR) is 82.5 cm³/mol. The predicted octanol–water partition coefficient (Wildman–Crippen LogP) is 3.22. The summed E-state index contributed by atoms with van der Waals surface area (Å²) in [6.45, 7) is 0. The van der Waals surface area contributed by atoms with E-state index in [0.29, 0.717) is 21.6 Å². The van der Waals surface area contributed by atoms with Crippen molar-refractivity contribution in [2.45, 2.75) is 20.7 Å². The van der Waals surface area contributed by atoms with Crippen LogP contribution in [0.15, 0.2) is 62.0 Å². The van der Waals surface area contributed by atoms with E-state index in [2.05, 4.69) is 10.2 Å². The minimum Gasteiger partial charge on any atom is -0.461 e. The van der Waals surface area contributed by atoms with E-state index in [0.717, 1.165) is 12.1 Å². The van der Waals surface area contributed by atoms with Crippen LogP contribution in [0.25, 0.3) is 11.6 Å². The summed E-state index contributed by atoms with van der Waals surface area (Å²) in [5.41, 5.74) is 0. The molecular formula is C14H11F2N3O3S2. The van der Waals surface area contributed by atoms with Crippen LogP contribution in [0.4, 0.5) is 8.78 Å². The van der Waals surface area contributed by atoms with Gasteiger partial charge >= 0.3 is 5.76 Å². The molecule has 0 aliphatic heterocycles. The Morgan fingerprint density at radius 2 is 1.88 bits per heavy atom. The maximum atomic E-state index is 12.5. The van der Waals surface area contributed by atoms with E-state index in [1.807, 2.05) is 0 Å². The van der Waals surface area contributed by atoms with Crippen LogP contribution in [0.3, 0.4) is 0 Å². The molecule has 3 rings (SSSR count). The molecule has 0 bridgehead atoms. The van der Waals surface area contributed by atoms with Gasteiger partial charge in [-0.15, -0.1) is 10.2 Å². The van der Waals surface area contributed by atoms with Crippen molar-refractivity contribution in [2.24, 2.45) is 7.05 Å². The van der Waals surface area contributed by atoms with E-state index < -0.39 is 20.5 Å². The maximum absolute atomic E-state index is 12.5. The molecule has 0 unspecified atom stereocenters. The summed E-state index contributed by atoms with van der Waals surface area (Å²) < 4.78 is 54.8. The van der Waals surface area contributed by atoms with Crippen molar-refractivity contribution in [3.05, 3.63) is 42.7 Å². The van der Waals surface area contributed by atoms with Crippen LogP contribution in [0, 0.1) is 0 Å². The third-order valence-electron chi connectivity index (χ3n) is 3.17. The Balaban J connectivity index is 1.83. The third-order valence-corrected chi connectivity index (χ3v) is 5.62. The van der Waals surface area contributed by atoms with Crippen LogP contribution in [0.5, 0.6) is 0 Å². The number of hydrogen-bond donors (Lipinski definition) is 0. The lowest BCUT2D eigenvalue weighted by atomic mass is 10.4. The first-order chi connectivity index (χ1) is 11.4. The van der Waals surface area contributed by atoms with Gasteiger partial charge in [0.25, 0.3) is 0 Å². The number of hydrogen-bond acceptors (Lipinski definition) is 6. The summed E-state index contributed by atoms with van der Waals surface area (Å²) in [5, 5.41) is 8.63. The van der Waals surface area contributed by atoms with Gasteiger partial charge in [0.2, 0.25) is 9.84 Å². The Kier molecular flexibility index (Phi) is 4.41. The fraction of sp³-hybridized carbons (Fsp3) is 0.143. The van der Waals surface area contributed by atoms with Crippen molar-refractivity contribution in [3.8, 4) is 11.6 Å². The molecule has 24 heavy (non-hydrogen) atoms. The lowest BCUT2D eigenvalue weighted by Crippen LogP contribution is -2.11. The van der Waals surface area contributed by atoms with Gasteiger partial charge in [-0.3, -0.25) is 0 Å². The summed E-state index contributed by atoms with van der Waals surface area (Å²) in [4.78, 5) is 0.223. The molecule has 126 valence electrons. The molecule has 0 atom stereocenters. The zero-order valence-corrected chi connectivity index (χ0v) is 13.9. The first-order valence-corrected chi connectivity index (χ1v) is 8.99. The number of rotatable bonds is 5. The molecule has 0 saturated carbocycles. The van der Waals surface area contributed by atoms with E-state index in [9.17, 15) is 17.2 Å². The van der Waals surface area contributed by atoms with E-state index in [-0.39, 0.29) is 0 Å². The molecule has 6 nitrogen and oxygen atoms in total. The van der Waals surface area contributed by atoms with Crippen molar-refractivity contribution in [1.82, 2.24) is 14.8 Å². The molecule has 0 aliphatic rings. The average Bonchev–Trinajstić information content (AvgIpc) is 3.18. The molecule has 0 aliphatic carbocycles. The summed E-state index contributed by atoms with van der Waals surface area (Å²) in [6, 6.07) is 8.67. The second kappa shape index (κ2) is 6.36. The van der Waals surface area contributed by atoms with Crippen molar-refractivity contribution >= 4 is 21.6 Å². The van der Waals surface area contributed by atoms with E-state index >= 15 is 0 Å². The molecule has 0 fully saturated rings. The van der Waals surface area contributed by atoms with Crippen molar-refractivity contribution in [3.63, 3.8) is 0 Å². The molecule has 0 N–H and O–H groups in total. The number of halogens is 2. The minimum atomic E-state index is -4.59. The van der Waals surface area contributed by atoms with Crippen molar-refractivity contribution < 1.29 is 21.6 Å². The maximum Gasteiger partial charge on any atom is 0.341 e. The molecule has 2 aromatic heterocycles. The quantitative estimate of drug-likeness (QED) is 0.685. The summed E-state index contributed by atoms with van der Waals surface area (Å²) in [7, 11) is -2.83. The average molecular weight is 371 g/mol. The van der Waals surface area contributed by atoms with Gasteiger partial charge in [0.1, 0.15) is 0 Å². The van der Waals surface area contributed by atoms with E-state index in [1.54, 1.807) is 23.7 Å². The van der Waals surface area contributed by atoms with Gasteiger partial charge in [0, 0.05) is 11.9 Å². The van der Waals surface area contributed by atoms with Crippen LogP contribution in [-0.2, 0) is 16.9 Å². The molecule has 0 saturated heterocycles. The largest absolute Gasteiger partial charge is 0.461 e. The fourth-order valence-corrected chi connectivity index (χ4v) is 3.44.